The third-order valence-electron chi connectivity index (χ3n) is 3.63. The zero-order valence-corrected chi connectivity index (χ0v) is 9.74. The summed E-state index contributed by atoms with van der Waals surface area (Å²) >= 11 is 1.80. The van der Waals surface area contributed by atoms with Gasteiger partial charge in [-0.1, -0.05) is 6.42 Å². The molecule has 2 aliphatic heterocycles. The molecule has 2 aliphatic rings. The zero-order chi connectivity index (χ0) is 11.8. The third kappa shape index (κ3) is 1.97. The van der Waals surface area contributed by atoms with Crippen LogP contribution in [-0.2, 0) is 4.79 Å². The number of aliphatic carboxylic acids is 1. The molecule has 7 heteroatoms. The first-order chi connectivity index (χ1) is 7.56. The van der Waals surface area contributed by atoms with Crippen molar-refractivity contribution in [3.05, 3.63) is 0 Å². The van der Waals surface area contributed by atoms with E-state index in [1.54, 1.807) is 11.8 Å². The van der Waals surface area contributed by atoms with Crippen molar-refractivity contribution in [1.29, 1.82) is 0 Å². The Bertz CT molecular complexity index is 291. The number of fused-ring (bicyclic) bond motifs is 1. The standard InChI is InChI=1S/C9H16BNO4S/c12-8(13)7-9(2-1-3-10(14)15)5-16-6(9)4-11-7/h6-7,11,14-15H,1-5H2,(H,12,13)/t6?,7-,9+/m1/s1. The van der Waals surface area contributed by atoms with Gasteiger partial charge < -0.3 is 20.5 Å². The highest BCUT2D eigenvalue weighted by molar-refractivity contribution is 8.01. The number of hydrogen-bond acceptors (Lipinski definition) is 5. The van der Waals surface area contributed by atoms with E-state index in [9.17, 15) is 4.79 Å². The van der Waals surface area contributed by atoms with E-state index < -0.39 is 19.1 Å². The molecule has 0 bridgehead atoms. The van der Waals surface area contributed by atoms with Crippen LogP contribution < -0.4 is 5.32 Å². The summed E-state index contributed by atoms with van der Waals surface area (Å²) in [5, 5.41) is 30.1. The summed E-state index contributed by atoms with van der Waals surface area (Å²) in [6.07, 6.45) is 1.75. The summed E-state index contributed by atoms with van der Waals surface area (Å²) < 4.78 is 0. The fourth-order valence-corrected chi connectivity index (χ4v) is 4.31. The summed E-state index contributed by atoms with van der Waals surface area (Å²) in [7, 11) is -1.28. The Balaban J connectivity index is 1.95. The number of carbonyl (C=O) groups is 1. The molecule has 90 valence electrons. The molecule has 0 aromatic rings. The largest absolute Gasteiger partial charge is 0.480 e. The van der Waals surface area contributed by atoms with Gasteiger partial charge in [0.25, 0.3) is 0 Å². The van der Waals surface area contributed by atoms with Crippen LogP contribution in [0.4, 0.5) is 0 Å². The molecule has 0 saturated carbocycles. The molecule has 0 aromatic heterocycles. The van der Waals surface area contributed by atoms with Crippen LogP contribution in [0.1, 0.15) is 12.8 Å². The summed E-state index contributed by atoms with van der Waals surface area (Å²) in [5.41, 5.74) is -0.161. The minimum atomic E-state index is -1.28. The van der Waals surface area contributed by atoms with Gasteiger partial charge in [-0.25, -0.2) is 0 Å². The average molecular weight is 245 g/mol. The predicted octanol–water partition coefficient (Wildman–Crippen LogP) is -0.602. The fourth-order valence-electron chi connectivity index (χ4n) is 2.70. The molecule has 0 aliphatic carbocycles. The first-order valence-corrected chi connectivity index (χ1v) is 6.55. The van der Waals surface area contributed by atoms with Gasteiger partial charge in [0.15, 0.2) is 0 Å². The number of carboxylic acids is 1. The van der Waals surface area contributed by atoms with Gasteiger partial charge in [0.2, 0.25) is 0 Å². The number of carboxylic acid groups (broad SMARTS) is 1. The Hall–Kier alpha value is -0.235. The second-order valence-corrected chi connectivity index (χ2v) is 5.78. The lowest BCUT2D eigenvalue weighted by molar-refractivity contribution is -0.141. The third-order valence-corrected chi connectivity index (χ3v) is 5.37. The lowest BCUT2D eigenvalue weighted by Gasteiger charge is -2.46. The quantitative estimate of drug-likeness (QED) is 0.483. The van der Waals surface area contributed by atoms with Crippen LogP contribution in [0.2, 0.25) is 6.32 Å². The fraction of sp³-hybridized carbons (Fsp3) is 0.889. The van der Waals surface area contributed by atoms with Crippen molar-refractivity contribution in [3.8, 4) is 0 Å². The van der Waals surface area contributed by atoms with E-state index in [0.29, 0.717) is 18.0 Å². The summed E-state index contributed by atoms with van der Waals surface area (Å²) in [4.78, 5) is 11.1. The summed E-state index contributed by atoms with van der Waals surface area (Å²) in [6, 6.07) is -0.463. The molecule has 4 N–H and O–H groups in total. The lowest BCUT2D eigenvalue weighted by atomic mass is 9.73. The Morgan fingerprint density at radius 1 is 1.56 bits per heavy atom. The lowest BCUT2D eigenvalue weighted by Crippen LogP contribution is -2.52. The molecule has 0 aromatic carbocycles. The van der Waals surface area contributed by atoms with Crippen molar-refractivity contribution in [2.45, 2.75) is 30.5 Å². The molecule has 0 amide bonds. The summed E-state index contributed by atoms with van der Waals surface area (Å²) in [6.45, 7) is 0.753. The molecule has 1 unspecified atom stereocenters. The van der Waals surface area contributed by atoms with Crippen molar-refractivity contribution in [2.75, 3.05) is 12.3 Å². The van der Waals surface area contributed by atoms with E-state index in [0.717, 1.165) is 18.7 Å². The maximum absolute atomic E-state index is 11.1. The normalized spacial score (nSPS) is 36.6. The molecular formula is C9H16BNO4S. The van der Waals surface area contributed by atoms with E-state index in [2.05, 4.69) is 5.32 Å². The van der Waals surface area contributed by atoms with Crippen molar-refractivity contribution in [2.24, 2.45) is 5.41 Å². The van der Waals surface area contributed by atoms with Gasteiger partial charge >= 0.3 is 13.1 Å². The van der Waals surface area contributed by atoms with Gasteiger partial charge in [-0.15, -0.1) is 0 Å². The van der Waals surface area contributed by atoms with E-state index in [4.69, 9.17) is 15.2 Å². The molecule has 16 heavy (non-hydrogen) atoms. The van der Waals surface area contributed by atoms with Crippen molar-refractivity contribution in [3.63, 3.8) is 0 Å². The van der Waals surface area contributed by atoms with Crippen molar-refractivity contribution in [1.82, 2.24) is 5.32 Å². The second-order valence-electron chi connectivity index (χ2n) is 4.59. The molecular weight excluding hydrogens is 229 g/mol. The van der Waals surface area contributed by atoms with Crippen LogP contribution in [0.15, 0.2) is 0 Å². The maximum atomic E-state index is 11.1. The highest BCUT2D eigenvalue weighted by atomic mass is 32.2. The zero-order valence-electron chi connectivity index (χ0n) is 8.93. The smallest absolute Gasteiger partial charge is 0.451 e. The van der Waals surface area contributed by atoms with Gasteiger partial charge in [-0.05, 0) is 12.7 Å². The molecule has 2 heterocycles. The SMILES string of the molecule is O=C(O)[C@H]1NCC2SC[C@@]21CCCB(O)O. The Kier molecular flexibility index (Phi) is 3.49. The van der Waals surface area contributed by atoms with Crippen LogP contribution in [0.3, 0.4) is 0 Å². The van der Waals surface area contributed by atoms with E-state index in [1.807, 2.05) is 0 Å². The molecule has 2 fully saturated rings. The highest BCUT2D eigenvalue weighted by Crippen LogP contribution is 2.54. The maximum Gasteiger partial charge on any atom is 0.451 e. The minimum Gasteiger partial charge on any atom is -0.480 e. The van der Waals surface area contributed by atoms with Crippen LogP contribution >= 0.6 is 11.8 Å². The Labute approximate surface area is 98.8 Å². The molecule has 3 atom stereocenters. The topological polar surface area (TPSA) is 89.8 Å². The van der Waals surface area contributed by atoms with Crippen LogP contribution in [0, 0.1) is 5.41 Å². The average Bonchev–Trinajstić information content (AvgIpc) is 2.40. The number of thioether (sulfide) groups is 1. The molecule has 0 spiro atoms. The van der Waals surface area contributed by atoms with Crippen molar-refractivity contribution < 1.29 is 19.9 Å². The molecule has 2 saturated heterocycles. The van der Waals surface area contributed by atoms with Gasteiger partial charge in [0.1, 0.15) is 6.04 Å². The van der Waals surface area contributed by atoms with Gasteiger partial charge in [-0.3, -0.25) is 4.79 Å². The first kappa shape index (κ1) is 12.2. The molecule has 0 radical (unpaired) electrons. The minimum absolute atomic E-state index is 0.161. The second kappa shape index (κ2) is 4.56. The number of hydrogen-bond donors (Lipinski definition) is 4. The van der Waals surface area contributed by atoms with Gasteiger partial charge in [0, 0.05) is 23.0 Å². The Morgan fingerprint density at radius 3 is 2.81 bits per heavy atom. The van der Waals surface area contributed by atoms with Gasteiger partial charge in [0.05, 0.1) is 0 Å². The Morgan fingerprint density at radius 2 is 2.31 bits per heavy atom. The van der Waals surface area contributed by atoms with Crippen LogP contribution in [-0.4, -0.2) is 51.8 Å². The monoisotopic (exact) mass is 245 g/mol. The predicted molar refractivity (Wildman–Crippen MR) is 62.3 cm³/mol. The van der Waals surface area contributed by atoms with E-state index in [-0.39, 0.29) is 5.41 Å². The van der Waals surface area contributed by atoms with E-state index >= 15 is 0 Å². The van der Waals surface area contributed by atoms with Gasteiger partial charge in [-0.2, -0.15) is 11.8 Å². The van der Waals surface area contributed by atoms with Crippen LogP contribution in [0.5, 0.6) is 0 Å². The highest BCUT2D eigenvalue weighted by Gasteiger charge is 2.58. The summed E-state index contributed by atoms with van der Waals surface area (Å²) in [5.74, 6) is 0.0794. The molecule has 2 rings (SSSR count). The number of nitrogens with one attached hydrogen (secondary N) is 1. The first-order valence-electron chi connectivity index (χ1n) is 5.50. The van der Waals surface area contributed by atoms with Crippen molar-refractivity contribution >= 4 is 24.8 Å². The van der Waals surface area contributed by atoms with Crippen LogP contribution in [0.25, 0.3) is 0 Å². The molecule has 5 nitrogen and oxygen atoms in total. The number of rotatable bonds is 5. The van der Waals surface area contributed by atoms with E-state index in [1.165, 1.54) is 0 Å².